The summed E-state index contributed by atoms with van der Waals surface area (Å²) < 4.78 is 5.20. The molecule has 122 valence electrons. The summed E-state index contributed by atoms with van der Waals surface area (Å²) in [7, 11) is 0. The molecule has 0 saturated carbocycles. The van der Waals surface area contributed by atoms with Crippen LogP contribution in [-0.4, -0.2) is 33.9 Å². The third-order valence-electron chi connectivity index (χ3n) is 4.53. The van der Waals surface area contributed by atoms with Crippen LogP contribution in [0.2, 0.25) is 0 Å². The van der Waals surface area contributed by atoms with Gasteiger partial charge in [0.05, 0.1) is 17.3 Å². The molecule has 1 amide bonds. The number of nitrogens with zero attached hydrogens (tertiary/aromatic N) is 2. The second-order valence-electron chi connectivity index (χ2n) is 6.09. The molecule has 1 aliphatic rings. The normalized spacial score (nSPS) is 16.2. The van der Waals surface area contributed by atoms with Crippen LogP contribution in [0.5, 0.6) is 0 Å². The van der Waals surface area contributed by atoms with Crippen LogP contribution in [0.25, 0.3) is 17.1 Å². The largest absolute Gasteiger partial charge is 0.465 e. The van der Waals surface area contributed by atoms with Gasteiger partial charge < -0.3 is 14.3 Å². The van der Waals surface area contributed by atoms with Crippen molar-refractivity contribution >= 4 is 23.0 Å². The predicted molar refractivity (Wildman–Crippen MR) is 92.4 cm³/mol. The summed E-state index contributed by atoms with van der Waals surface area (Å²) in [5.41, 5.74) is 2.08. The number of amides is 1. The highest BCUT2D eigenvalue weighted by Crippen LogP contribution is 2.27. The summed E-state index contributed by atoms with van der Waals surface area (Å²) >= 11 is 0. The Balaban J connectivity index is 1.38. The first-order valence-electron chi connectivity index (χ1n) is 8.25. The maximum atomic E-state index is 12.3. The molecule has 4 rings (SSSR count). The first-order valence-corrected chi connectivity index (χ1v) is 8.25. The lowest BCUT2D eigenvalue weighted by atomic mass is 9.96. The Morgan fingerprint density at radius 1 is 1.21 bits per heavy atom. The van der Waals surface area contributed by atoms with E-state index >= 15 is 0 Å². The molecule has 0 unspecified atom stereocenters. The maximum Gasteiger partial charge on any atom is 0.246 e. The molecule has 3 aromatic rings. The van der Waals surface area contributed by atoms with Crippen molar-refractivity contribution in [2.45, 2.75) is 18.8 Å². The van der Waals surface area contributed by atoms with E-state index in [1.165, 1.54) is 0 Å². The minimum absolute atomic E-state index is 0.0365. The number of nitrogens with one attached hydrogen (secondary N) is 1. The zero-order valence-corrected chi connectivity index (χ0v) is 13.3. The van der Waals surface area contributed by atoms with E-state index in [-0.39, 0.29) is 5.91 Å². The number of fused-ring (bicyclic) bond motifs is 1. The number of aromatic amines is 1. The third kappa shape index (κ3) is 2.97. The van der Waals surface area contributed by atoms with E-state index in [0.717, 1.165) is 42.8 Å². The lowest BCUT2D eigenvalue weighted by molar-refractivity contribution is -0.127. The van der Waals surface area contributed by atoms with Crippen LogP contribution in [0.1, 0.15) is 30.3 Å². The van der Waals surface area contributed by atoms with Gasteiger partial charge in [-0.1, -0.05) is 12.1 Å². The van der Waals surface area contributed by atoms with Crippen molar-refractivity contribution in [3.8, 4) is 0 Å². The smallest absolute Gasteiger partial charge is 0.246 e. The van der Waals surface area contributed by atoms with E-state index in [9.17, 15) is 4.79 Å². The number of carbonyl (C=O) groups is 1. The molecule has 3 heterocycles. The van der Waals surface area contributed by atoms with Gasteiger partial charge in [0, 0.05) is 25.1 Å². The minimum Gasteiger partial charge on any atom is -0.465 e. The fraction of sp³-hybridized carbons (Fsp3) is 0.263. The van der Waals surface area contributed by atoms with Crippen LogP contribution >= 0.6 is 0 Å². The Kier molecular flexibility index (Phi) is 3.91. The molecule has 0 spiro atoms. The highest BCUT2D eigenvalue weighted by Gasteiger charge is 2.24. The van der Waals surface area contributed by atoms with Gasteiger partial charge in [0.2, 0.25) is 5.91 Å². The number of likely N-dealkylation sites (tertiary alicyclic amines) is 1. The molecule has 0 aliphatic carbocycles. The second kappa shape index (κ2) is 6.35. The topological polar surface area (TPSA) is 62.1 Å². The van der Waals surface area contributed by atoms with E-state index in [4.69, 9.17) is 9.40 Å². The van der Waals surface area contributed by atoms with E-state index in [1.807, 2.05) is 41.3 Å². The molecule has 0 radical (unpaired) electrons. The molecule has 2 aromatic heterocycles. The fourth-order valence-corrected chi connectivity index (χ4v) is 3.18. The number of imidazole rings is 1. The van der Waals surface area contributed by atoms with Gasteiger partial charge in [0.15, 0.2) is 0 Å². The van der Waals surface area contributed by atoms with E-state index in [2.05, 4.69) is 4.98 Å². The van der Waals surface area contributed by atoms with Crippen LogP contribution in [0.15, 0.2) is 53.2 Å². The maximum absolute atomic E-state index is 12.3. The Bertz CT molecular complexity index is 823. The van der Waals surface area contributed by atoms with Crippen LogP contribution in [-0.2, 0) is 4.79 Å². The summed E-state index contributed by atoms with van der Waals surface area (Å²) in [4.78, 5) is 22.2. The van der Waals surface area contributed by atoms with Crippen molar-refractivity contribution in [1.29, 1.82) is 0 Å². The van der Waals surface area contributed by atoms with E-state index < -0.39 is 0 Å². The van der Waals surface area contributed by atoms with Gasteiger partial charge in [0.25, 0.3) is 0 Å². The minimum atomic E-state index is 0.0365. The summed E-state index contributed by atoms with van der Waals surface area (Å²) in [5, 5.41) is 0. The molecule has 0 atom stereocenters. The Hall–Kier alpha value is -2.82. The predicted octanol–water partition coefficient (Wildman–Crippen LogP) is 3.58. The molecule has 5 nitrogen and oxygen atoms in total. The molecule has 24 heavy (non-hydrogen) atoms. The summed E-state index contributed by atoms with van der Waals surface area (Å²) in [6.07, 6.45) is 6.76. The SMILES string of the molecule is O=C(/C=C/c1ccco1)N1CCC(c2nc3ccccc3[nH]2)CC1. The number of H-pyrrole nitrogens is 1. The van der Waals surface area contributed by atoms with Gasteiger partial charge in [-0.15, -0.1) is 0 Å². The number of benzene rings is 1. The van der Waals surface area contributed by atoms with Crippen LogP contribution in [0.4, 0.5) is 0 Å². The Morgan fingerprint density at radius 2 is 2.04 bits per heavy atom. The molecule has 0 bridgehead atoms. The number of para-hydroxylation sites is 2. The molecule has 1 N–H and O–H groups in total. The molecular formula is C19H19N3O2. The zero-order chi connectivity index (χ0) is 16.4. The van der Waals surface area contributed by atoms with Gasteiger partial charge in [0.1, 0.15) is 11.6 Å². The van der Waals surface area contributed by atoms with Crippen molar-refractivity contribution in [3.63, 3.8) is 0 Å². The lowest BCUT2D eigenvalue weighted by Gasteiger charge is -2.30. The van der Waals surface area contributed by atoms with Crippen molar-refractivity contribution < 1.29 is 9.21 Å². The molecule has 1 aliphatic heterocycles. The van der Waals surface area contributed by atoms with Crippen molar-refractivity contribution in [3.05, 3.63) is 60.3 Å². The van der Waals surface area contributed by atoms with E-state index in [1.54, 1.807) is 18.4 Å². The summed E-state index contributed by atoms with van der Waals surface area (Å²) in [6, 6.07) is 11.7. The molecule has 1 fully saturated rings. The molecule has 5 heteroatoms. The Labute approximate surface area is 140 Å². The number of furan rings is 1. The number of piperidine rings is 1. The lowest BCUT2D eigenvalue weighted by Crippen LogP contribution is -2.37. The molecular weight excluding hydrogens is 302 g/mol. The summed E-state index contributed by atoms with van der Waals surface area (Å²) in [5.74, 6) is 2.15. The van der Waals surface area contributed by atoms with E-state index in [0.29, 0.717) is 11.7 Å². The fourth-order valence-electron chi connectivity index (χ4n) is 3.18. The van der Waals surface area contributed by atoms with Crippen molar-refractivity contribution in [1.82, 2.24) is 14.9 Å². The number of hydrogen-bond acceptors (Lipinski definition) is 3. The molecule has 1 aromatic carbocycles. The first kappa shape index (κ1) is 14.8. The first-order chi connectivity index (χ1) is 11.8. The van der Waals surface area contributed by atoms with Crippen LogP contribution < -0.4 is 0 Å². The van der Waals surface area contributed by atoms with Crippen LogP contribution in [0, 0.1) is 0 Å². The van der Waals surface area contributed by atoms with Gasteiger partial charge in [-0.05, 0) is 43.2 Å². The summed E-state index contributed by atoms with van der Waals surface area (Å²) in [6.45, 7) is 1.51. The van der Waals surface area contributed by atoms with Gasteiger partial charge in [-0.25, -0.2) is 4.98 Å². The van der Waals surface area contributed by atoms with Gasteiger partial charge in [-0.2, -0.15) is 0 Å². The third-order valence-corrected chi connectivity index (χ3v) is 4.53. The number of rotatable bonds is 3. The quantitative estimate of drug-likeness (QED) is 0.750. The highest BCUT2D eigenvalue weighted by atomic mass is 16.3. The van der Waals surface area contributed by atoms with Crippen molar-refractivity contribution in [2.24, 2.45) is 0 Å². The standard InChI is InChI=1S/C19H19N3O2/c23-18(8-7-15-4-3-13-24-15)22-11-9-14(10-12-22)19-20-16-5-1-2-6-17(16)21-19/h1-8,13-14H,9-12H2,(H,20,21)/b8-7+. The van der Waals surface area contributed by atoms with Gasteiger partial charge >= 0.3 is 0 Å². The monoisotopic (exact) mass is 321 g/mol. The highest BCUT2D eigenvalue weighted by molar-refractivity contribution is 5.91. The van der Waals surface area contributed by atoms with Crippen molar-refractivity contribution in [2.75, 3.05) is 13.1 Å². The average molecular weight is 321 g/mol. The zero-order valence-electron chi connectivity index (χ0n) is 13.3. The second-order valence-corrected chi connectivity index (χ2v) is 6.09. The number of hydrogen-bond donors (Lipinski definition) is 1. The van der Waals surface area contributed by atoms with Crippen LogP contribution in [0.3, 0.4) is 0 Å². The number of carbonyl (C=O) groups excluding carboxylic acids is 1. The molecule has 1 saturated heterocycles. The Morgan fingerprint density at radius 3 is 2.79 bits per heavy atom. The average Bonchev–Trinajstić information content (AvgIpc) is 3.29. The van der Waals surface area contributed by atoms with Gasteiger partial charge in [-0.3, -0.25) is 4.79 Å². The number of aromatic nitrogens is 2.